The van der Waals surface area contributed by atoms with E-state index in [1.807, 2.05) is 6.07 Å². The molecule has 1 aliphatic rings. The van der Waals surface area contributed by atoms with E-state index in [9.17, 15) is 4.39 Å². The Morgan fingerprint density at radius 2 is 2.15 bits per heavy atom. The van der Waals surface area contributed by atoms with E-state index in [0.29, 0.717) is 12.0 Å². The van der Waals surface area contributed by atoms with E-state index >= 15 is 0 Å². The second-order valence-electron chi connectivity index (χ2n) is 6.13. The van der Waals surface area contributed by atoms with Gasteiger partial charge in [0.2, 0.25) is 0 Å². The number of likely N-dealkylation sites (N-methyl/N-ethyl adjacent to an activating group) is 1. The van der Waals surface area contributed by atoms with Gasteiger partial charge in [0.1, 0.15) is 5.82 Å². The fraction of sp³-hybridized carbons (Fsp3) is 0.625. The molecule has 0 saturated carbocycles. The molecule has 2 unspecified atom stereocenters. The van der Waals surface area contributed by atoms with E-state index in [1.165, 1.54) is 0 Å². The van der Waals surface area contributed by atoms with Gasteiger partial charge in [-0.05, 0) is 43.8 Å². The molecule has 0 fully saturated rings. The summed E-state index contributed by atoms with van der Waals surface area (Å²) in [6.07, 6.45) is 1.07. The summed E-state index contributed by atoms with van der Waals surface area (Å²) in [6, 6.07) is 6.15. The first-order valence-electron chi connectivity index (χ1n) is 7.31. The van der Waals surface area contributed by atoms with Crippen LogP contribution in [0.15, 0.2) is 23.1 Å². The molecule has 4 heteroatoms. The third-order valence-corrected chi connectivity index (χ3v) is 4.97. The fourth-order valence-corrected chi connectivity index (χ4v) is 3.81. The molecule has 0 bridgehead atoms. The summed E-state index contributed by atoms with van der Waals surface area (Å²) < 4.78 is 13.9. The van der Waals surface area contributed by atoms with Crippen LogP contribution >= 0.6 is 11.8 Å². The number of hydrogen-bond donors (Lipinski definition) is 1. The molecule has 20 heavy (non-hydrogen) atoms. The Morgan fingerprint density at radius 1 is 1.40 bits per heavy atom. The number of benzene rings is 1. The standard InChI is InChI=1S/C16H25FN2S/c1-11(2)15(10-19(3)4)18-14-8-9-20-16-12(14)6-5-7-13(16)17/h5-7,11,14-15,18H,8-10H2,1-4H3. The van der Waals surface area contributed by atoms with Gasteiger partial charge in [-0.2, -0.15) is 0 Å². The van der Waals surface area contributed by atoms with Crippen molar-refractivity contribution in [1.29, 1.82) is 0 Å². The van der Waals surface area contributed by atoms with Crippen LogP contribution in [0.4, 0.5) is 4.39 Å². The molecule has 0 aromatic heterocycles. The molecule has 1 aromatic carbocycles. The van der Waals surface area contributed by atoms with Crippen molar-refractivity contribution in [3.8, 4) is 0 Å². The van der Waals surface area contributed by atoms with Crippen molar-refractivity contribution in [2.24, 2.45) is 5.92 Å². The lowest BCUT2D eigenvalue weighted by Gasteiger charge is -2.33. The van der Waals surface area contributed by atoms with Crippen LogP contribution in [-0.2, 0) is 0 Å². The number of fused-ring (bicyclic) bond motifs is 1. The van der Waals surface area contributed by atoms with Crippen molar-refractivity contribution in [3.05, 3.63) is 29.6 Å². The van der Waals surface area contributed by atoms with E-state index in [1.54, 1.807) is 17.8 Å². The molecule has 0 spiro atoms. The van der Waals surface area contributed by atoms with Crippen LogP contribution in [0.1, 0.15) is 31.9 Å². The first-order valence-corrected chi connectivity index (χ1v) is 8.29. The van der Waals surface area contributed by atoms with Gasteiger partial charge in [0.15, 0.2) is 0 Å². The van der Waals surface area contributed by atoms with Crippen LogP contribution < -0.4 is 5.32 Å². The largest absolute Gasteiger partial charge is 0.308 e. The molecule has 112 valence electrons. The molecule has 2 nitrogen and oxygen atoms in total. The molecule has 2 rings (SSSR count). The topological polar surface area (TPSA) is 15.3 Å². The third kappa shape index (κ3) is 3.74. The van der Waals surface area contributed by atoms with Crippen molar-refractivity contribution < 1.29 is 4.39 Å². The summed E-state index contributed by atoms with van der Waals surface area (Å²) in [5, 5.41) is 3.75. The Balaban J connectivity index is 2.16. The van der Waals surface area contributed by atoms with Crippen molar-refractivity contribution in [2.75, 3.05) is 26.4 Å². The number of thioether (sulfide) groups is 1. The summed E-state index contributed by atoms with van der Waals surface area (Å²) in [5.41, 5.74) is 1.13. The van der Waals surface area contributed by atoms with Gasteiger partial charge in [0.05, 0.1) is 0 Å². The Bertz CT molecular complexity index is 448. The van der Waals surface area contributed by atoms with Gasteiger partial charge in [0.25, 0.3) is 0 Å². The lowest BCUT2D eigenvalue weighted by Crippen LogP contribution is -2.44. The average Bonchev–Trinajstić information content (AvgIpc) is 2.38. The molecule has 1 aliphatic heterocycles. The zero-order chi connectivity index (χ0) is 14.7. The smallest absolute Gasteiger partial charge is 0.137 e. The molecule has 1 aromatic rings. The van der Waals surface area contributed by atoms with E-state index in [-0.39, 0.29) is 11.9 Å². The highest BCUT2D eigenvalue weighted by molar-refractivity contribution is 7.99. The number of hydrogen-bond acceptors (Lipinski definition) is 3. The van der Waals surface area contributed by atoms with Gasteiger partial charge >= 0.3 is 0 Å². The van der Waals surface area contributed by atoms with Gasteiger partial charge in [-0.25, -0.2) is 4.39 Å². The molecule has 0 saturated heterocycles. The third-order valence-electron chi connectivity index (χ3n) is 3.81. The first-order chi connectivity index (χ1) is 9.49. The summed E-state index contributed by atoms with van der Waals surface area (Å²) in [7, 11) is 4.20. The van der Waals surface area contributed by atoms with E-state index in [2.05, 4.69) is 44.2 Å². The molecule has 2 atom stereocenters. The molecule has 0 radical (unpaired) electrons. The van der Waals surface area contributed by atoms with E-state index in [4.69, 9.17) is 0 Å². The zero-order valence-corrected chi connectivity index (χ0v) is 13.6. The SMILES string of the molecule is CC(C)C(CN(C)C)NC1CCSc2c(F)cccc21. The summed E-state index contributed by atoms with van der Waals surface area (Å²) in [5.74, 6) is 1.47. The molecule has 1 heterocycles. The number of nitrogens with one attached hydrogen (secondary N) is 1. The number of nitrogens with zero attached hydrogens (tertiary/aromatic N) is 1. The minimum absolute atomic E-state index is 0.0762. The molecular weight excluding hydrogens is 271 g/mol. The minimum atomic E-state index is -0.0762. The Hall–Kier alpha value is -0.580. The summed E-state index contributed by atoms with van der Waals surface area (Å²) in [6.45, 7) is 5.49. The lowest BCUT2D eigenvalue weighted by atomic mass is 9.98. The highest BCUT2D eigenvalue weighted by atomic mass is 32.2. The van der Waals surface area contributed by atoms with Crippen LogP contribution in [0.3, 0.4) is 0 Å². The van der Waals surface area contributed by atoms with E-state index < -0.39 is 0 Å². The lowest BCUT2D eigenvalue weighted by molar-refractivity contribution is 0.265. The molecule has 0 amide bonds. The normalized spacial score (nSPS) is 20.2. The number of halogens is 1. The Labute approximate surface area is 126 Å². The van der Waals surface area contributed by atoms with Gasteiger partial charge in [-0.3, -0.25) is 0 Å². The highest BCUT2D eigenvalue weighted by Gasteiger charge is 2.26. The zero-order valence-electron chi connectivity index (χ0n) is 12.8. The molecular formula is C16H25FN2S. The second-order valence-corrected chi connectivity index (χ2v) is 7.23. The average molecular weight is 296 g/mol. The summed E-state index contributed by atoms with van der Waals surface area (Å²) in [4.78, 5) is 3.05. The quantitative estimate of drug-likeness (QED) is 0.895. The predicted octanol–water partition coefficient (Wildman–Crippen LogP) is 3.54. The molecule has 0 aliphatic carbocycles. The second kappa shape index (κ2) is 6.92. The number of rotatable bonds is 5. The monoisotopic (exact) mass is 296 g/mol. The van der Waals surface area contributed by atoms with Crippen molar-refractivity contribution >= 4 is 11.8 Å². The van der Waals surface area contributed by atoms with Crippen molar-refractivity contribution in [1.82, 2.24) is 10.2 Å². The summed E-state index contributed by atoms with van der Waals surface area (Å²) >= 11 is 1.64. The van der Waals surface area contributed by atoms with Crippen LogP contribution in [0.2, 0.25) is 0 Å². The van der Waals surface area contributed by atoms with Gasteiger partial charge < -0.3 is 10.2 Å². The van der Waals surface area contributed by atoms with Crippen LogP contribution in [0.25, 0.3) is 0 Å². The van der Waals surface area contributed by atoms with E-state index in [0.717, 1.165) is 29.2 Å². The Morgan fingerprint density at radius 3 is 2.80 bits per heavy atom. The first kappa shape index (κ1) is 15.8. The molecule has 1 N–H and O–H groups in total. The van der Waals surface area contributed by atoms with Crippen molar-refractivity contribution in [2.45, 2.75) is 37.2 Å². The van der Waals surface area contributed by atoms with Crippen LogP contribution in [0.5, 0.6) is 0 Å². The maximum atomic E-state index is 13.9. The maximum Gasteiger partial charge on any atom is 0.137 e. The Kier molecular flexibility index (Phi) is 5.47. The van der Waals surface area contributed by atoms with Gasteiger partial charge in [-0.1, -0.05) is 26.0 Å². The van der Waals surface area contributed by atoms with Gasteiger partial charge in [-0.15, -0.1) is 11.8 Å². The fourth-order valence-electron chi connectivity index (χ4n) is 2.67. The maximum absolute atomic E-state index is 13.9. The van der Waals surface area contributed by atoms with Crippen molar-refractivity contribution in [3.63, 3.8) is 0 Å². The highest BCUT2D eigenvalue weighted by Crippen LogP contribution is 2.38. The van der Waals surface area contributed by atoms with Crippen LogP contribution in [-0.4, -0.2) is 37.3 Å². The predicted molar refractivity (Wildman–Crippen MR) is 84.8 cm³/mol. The van der Waals surface area contributed by atoms with Crippen LogP contribution in [0, 0.1) is 11.7 Å². The van der Waals surface area contributed by atoms with Gasteiger partial charge in [0, 0.05) is 23.5 Å². The minimum Gasteiger partial charge on any atom is -0.308 e.